The Morgan fingerprint density at radius 1 is 1.28 bits per heavy atom. The Hall–Kier alpha value is -1.66. The van der Waals surface area contributed by atoms with Gasteiger partial charge in [0, 0.05) is 23.2 Å². The molecule has 5 nitrogen and oxygen atoms in total. The van der Waals surface area contributed by atoms with E-state index in [-0.39, 0.29) is 11.6 Å². The number of nitrogens with zero attached hydrogens (tertiary/aromatic N) is 2. The highest BCUT2D eigenvalue weighted by Gasteiger charge is 2.27. The molecule has 2 rings (SSSR count). The highest BCUT2D eigenvalue weighted by molar-refractivity contribution is 7.99. The molecule has 0 bridgehead atoms. The predicted octanol–water partition coefficient (Wildman–Crippen LogP) is 5.04. The maximum atomic E-state index is 13.0. The Morgan fingerprint density at radius 3 is 2.44 bits per heavy atom. The molecule has 25 heavy (non-hydrogen) atoms. The van der Waals surface area contributed by atoms with Crippen LogP contribution in [0.4, 0.5) is 10.5 Å². The van der Waals surface area contributed by atoms with Crippen molar-refractivity contribution < 1.29 is 9.32 Å². The summed E-state index contributed by atoms with van der Waals surface area (Å²) >= 11 is 7.34. The van der Waals surface area contributed by atoms with Crippen molar-refractivity contribution in [3.8, 4) is 0 Å². The van der Waals surface area contributed by atoms with Crippen LogP contribution in [0.3, 0.4) is 0 Å². The monoisotopic (exact) mass is 382 g/mol. The maximum absolute atomic E-state index is 13.0. The van der Waals surface area contributed by atoms with Crippen LogP contribution in [0.15, 0.2) is 38.5 Å². The summed E-state index contributed by atoms with van der Waals surface area (Å²) in [4.78, 5) is 27.8. The zero-order valence-electron chi connectivity index (χ0n) is 14.9. The third kappa shape index (κ3) is 4.30. The molecule has 0 aliphatic heterocycles. The normalized spacial score (nSPS) is 11.1. The fourth-order valence-corrected chi connectivity index (χ4v) is 3.45. The minimum Gasteiger partial charge on any atom is -0.370 e. The molecule has 1 heterocycles. The number of aromatic nitrogens is 1. The second kappa shape index (κ2) is 8.63. The smallest absolute Gasteiger partial charge is 0.365 e. The van der Waals surface area contributed by atoms with Gasteiger partial charge in [0.05, 0.1) is 0 Å². The van der Waals surface area contributed by atoms with Gasteiger partial charge in [-0.15, -0.1) is 11.8 Å². The lowest BCUT2D eigenvalue weighted by Gasteiger charge is -2.25. The summed E-state index contributed by atoms with van der Waals surface area (Å²) in [5.74, 6) is 1.32. The van der Waals surface area contributed by atoms with Crippen LogP contribution < -0.4 is 10.5 Å². The molecule has 2 aromatic rings. The summed E-state index contributed by atoms with van der Waals surface area (Å²) in [5, 5.41) is 0.585. The lowest BCUT2D eigenvalue weighted by molar-refractivity contribution is 0.208. The molecule has 1 aromatic carbocycles. The number of hydrogen-bond donors (Lipinski definition) is 0. The second-order valence-electron chi connectivity index (χ2n) is 5.85. The molecule has 0 aliphatic rings. The lowest BCUT2D eigenvalue weighted by atomic mass is 10.2. The van der Waals surface area contributed by atoms with E-state index >= 15 is 0 Å². The summed E-state index contributed by atoms with van der Waals surface area (Å²) in [6.07, 6.45) is 1.46. The highest BCUT2D eigenvalue weighted by Crippen LogP contribution is 2.24. The van der Waals surface area contributed by atoms with Gasteiger partial charge in [-0.25, -0.2) is 4.79 Å². The van der Waals surface area contributed by atoms with E-state index in [2.05, 4.69) is 0 Å². The Kier molecular flexibility index (Phi) is 6.79. The van der Waals surface area contributed by atoms with E-state index in [1.54, 1.807) is 24.3 Å². The first-order valence-electron chi connectivity index (χ1n) is 8.37. The standard InChI is InChI=1S/C18H23ClN2O3S/c1-5-7-15-16(25-6-2)17(22)21(24-15)18(23)20(12(3)4)14-10-8-13(19)9-11-14/h8-12H,5-7H2,1-4H3. The van der Waals surface area contributed by atoms with Crippen molar-refractivity contribution in [3.63, 3.8) is 0 Å². The molecule has 0 saturated heterocycles. The summed E-state index contributed by atoms with van der Waals surface area (Å²) in [6, 6.07) is 6.28. The van der Waals surface area contributed by atoms with Gasteiger partial charge in [-0.1, -0.05) is 30.2 Å². The number of amides is 1. The zero-order chi connectivity index (χ0) is 18.6. The number of halogens is 1. The topological polar surface area (TPSA) is 55.5 Å². The Labute approximate surface area is 156 Å². The van der Waals surface area contributed by atoms with Crippen molar-refractivity contribution in [2.24, 2.45) is 0 Å². The fourth-order valence-electron chi connectivity index (χ4n) is 2.53. The predicted molar refractivity (Wildman–Crippen MR) is 103 cm³/mol. The summed E-state index contributed by atoms with van der Waals surface area (Å²) < 4.78 is 6.52. The van der Waals surface area contributed by atoms with Crippen molar-refractivity contribution in [2.75, 3.05) is 10.7 Å². The van der Waals surface area contributed by atoms with Crippen molar-refractivity contribution in [1.29, 1.82) is 0 Å². The van der Waals surface area contributed by atoms with Crippen molar-refractivity contribution in [2.45, 2.75) is 51.5 Å². The molecular weight excluding hydrogens is 360 g/mol. The van der Waals surface area contributed by atoms with Crippen molar-refractivity contribution in [3.05, 3.63) is 45.4 Å². The van der Waals surface area contributed by atoms with E-state index in [0.29, 0.717) is 27.8 Å². The minimum absolute atomic E-state index is 0.150. The Morgan fingerprint density at radius 2 is 1.92 bits per heavy atom. The van der Waals surface area contributed by atoms with Crippen LogP contribution in [0, 0.1) is 0 Å². The highest BCUT2D eigenvalue weighted by atomic mass is 35.5. The van der Waals surface area contributed by atoms with Gasteiger partial charge in [-0.3, -0.25) is 9.69 Å². The molecule has 0 atom stereocenters. The first kappa shape index (κ1) is 19.7. The molecule has 0 radical (unpaired) electrons. The number of carbonyl (C=O) groups excluding carboxylic acids is 1. The number of anilines is 1. The van der Waals surface area contributed by atoms with E-state index in [1.165, 1.54) is 16.7 Å². The first-order chi connectivity index (χ1) is 11.9. The van der Waals surface area contributed by atoms with Gasteiger partial charge in [-0.2, -0.15) is 0 Å². The molecule has 1 aromatic heterocycles. The van der Waals surface area contributed by atoms with Crippen LogP contribution in [0.1, 0.15) is 39.9 Å². The molecule has 0 aliphatic carbocycles. The maximum Gasteiger partial charge on any atom is 0.365 e. The SMILES string of the molecule is CCCc1on(C(=O)N(c2ccc(Cl)cc2)C(C)C)c(=O)c1SCC. The van der Waals surface area contributed by atoms with Crippen LogP contribution in [-0.4, -0.2) is 22.6 Å². The zero-order valence-corrected chi connectivity index (χ0v) is 16.5. The van der Waals surface area contributed by atoms with Gasteiger partial charge in [0.15, 0.2) is 5.76 Å². The fraction of sp³-hybridized carbons (Fsp3) is 0.444. The average Bonchev–Trinajstić information content (AvgIpc) is 2.87. The van der Waals surface area contributed by atoms with Crippen LogP contribution in [0.25, 0.3) is 0 Å². The molecule has 7 heteroatoms. The third-order valence-electron chi connectivity index (χ3n) is 3.60. The van der Waals surface area contributed by atoms with Crippen LogP contribution >= 0.6 is 23.4 Å². The van der Waals surface area contributed by atoms with Crippen molar-refractivity contribution in [1.82, 2.24) is 4.74 Å². The van der Waals surface area contributed by atoms with Gasteiger partial charge in [0.1, 0.15) is 4.90 Å². The molecule has 136 valence electrons. The van der Waals surface area contributed by atoms with Gasteiger partial charge in [-0.05, 0) is 50.3 Å². The van der Waals surface area contributed by atoms with Crippen LogP contribution in [0.2, 0.25) is 5.02 Å². The Balaban J connectivity index is 2.47. The number of carbonyl (C=O) groups is 1. The van der Waals surface area contributed by atoms with Gasteiger partial charge < -0.3 is 4.52 Å². The number of hydrogen-bond acceptors (Lipinski definition) is 4. The molecule has 0 unspecified atom stereocenters. The van der Waals surface area contributed by atoms with E-state index in [0.717, 1.165) is 16.9 Å². The van der Waals surface area contributed by atoms with Gasteiger partial charge >= 0.3 is 11.6 Å². The largest absolute Gasteiger partial charge is 0.370 e. The number of thioether (sulfide) groups is 1. The lowest BCUT2D eigenvalue weighted by Crippen LogP contribution is -2.43. The van der Waals surface area contributed by atoms with E-state index < -0.39 is 6.03 Å². The summed E-state index contributed by atoms with van der Waals surface area (Å²) in [5.41, 5.74) is 0.273. The summed E-state index contributed by atoms with van der Waals surface area (Å²) in [6.45, 7) is 7.74. The number of benzene rings is 1. The molecule has 0 spiro atoms. The van der Waals surface area contributed by atoms with Gasteiger partial charge in [0.2, 0.25) is 0 Å². The van der Waals surface area contributed by atoms with Crippen molar-refractivity contribution >= 4 is 35.1 Å². The quantitative estimate of drug-likeness (QED) is 0.656. The molecule has 0 N–H and O–H groups in total. The summed E-state index contributed by atoms with van der Waals surface area (Å²) in [7, 11) is 0. The molecule has 0 saturated carbocycles. The third-order valence-corrected chi connectivity index (χ3v) is 4.83. The van der Waals surface area contributed by atoms with Crippen LogP contribution in [0.5, 0.6) is 0 Å². The molecule has 0 fully saturated rings. The number of aryl methyl sites for hydroxylation is 1. The minimum atomic E-state index is -0.498. The molecular formula is C18H23ClN2O3S. The number of rotatable bonds is 6. The first-order valence-corrected chi connectivity index (χ1v) is 9.74. The second-order valence-corrected chi connectivity index (χ2v) is 7.56. The van der Waals surface area contributed by atoms with E-state index in [9.17, 15) is 9.59 Å². The van der Waals surface area contributed by atoms with E-state index in [4.69, 9.17) is 16.1 Å². The van der Waals surface area contributed by atoms with Gasteiger partial charge in [0.25, 0.3) is 0 Å². The average molecular weight is 383 g/mol. The van der Waals surface area contributed by atoms with E-state index in [1.807, 2.05) is 27.7 Å². The van der Waals surface area contributed by atoms with Crippen LogP contribution in [-0.2, 0) is 6.42 Å². The Bertz CT molecular complexity index is 781. The molecule has 1 amide bonds.